The lowest BCUT2D eigenvalue weighted by molar-refractivity contribution is 0.0868. The molecule has 0 aromatic carbocycles. The number of aliphatic hydroxyl groups excluding tert-OH is 1. The second kappa shape index (κ2) is 6.22. The molecule has 8 heteroatoms. The van der Waals surface area contributed by atoms with E-state index in [0.29, 0.717) is 36.0 Å². The fraction of sp³-hybridized carbons (Fsp3) is 0.562. The van der Waals surface area contributed by atoms with Crippen LogP contribution in [0.1, 0.15) is 47.8 Å². The van der Waals surface area contributed by atoms with E-state index in [9.17, 15) is 9.90 Å². The van der Waals surface area contributed by atoms with Gasteiger partial charge >= 0.3 is 0 Å². The number of carbonyl (C=O) groups is 1. The summed E-state index contributed by atoms with van der Waals surface area (Å²) in [5.41, 5.74) is 1.42. The number of halogens is 1. The van der Waals surface area contributed by atoms with Crippen molar-refractivity contribution in [3.05, 3.63) is 34.9 Å². The van der Waals surface area contributed by atoms with Gasteiger partial charge in [0.25, 0.3) is 5.91 Å². The third kappa shape index (κ3) is 3.32. The SMILES string of the molecule is O=C(N[C@@H]1CC(Cn2cc(Cl)cn2)C[C@H]1O)c1cc(C2CC2)[nH]n1. The van der Waals surface area contributed by atoms with Crippen LogP contribution < -0.4 is 5.32 Å². The highest BCUT2D eigenvalue weighted by Crippen LogP contribution is 2.39. The number of nitrogens with zero attached hydrogens (tertiary/aromatic N) is 3. The molecule has 1 amide bonds. The monoisotopic (exact) mass is 349 g/mol. The summed E-state index contributed by atoms with van der Waals surface area (Å²) in [6, 6.07) is 1.56. The minimum atomic E-state index is -0.549. The molecule has 3 atom stereocenters. The van der Waals surface area contributed by atoms with Crippen LogP contribution in [-0.2, 0) is 6.54 Å². The van der Waals surface area contributed by atoms with Gasteiger partial charge in [-0.3, -0.25) is 14.6 Å². The maximum absolute atomic E-state index is 12.3. The Morgan fingerprint density at radius 2 is 2.29 bits per heavy atom. The zero-order chi connectivity index (χ0) is 16.7. The van der Waals surface area contributed by atoms with Crippen molar-refractivity contribution >= 4 is 17.5 Å². The Balaban J connectivity index is 1.34. The quantitative estimate of drug-likeness (QED) is 0.765. The Kier molecular flexibility index (Phi) is 4.05. The first-order valence-corrected chi connectivity index (χ1v) is 8.68. The Bertz CT molecular complexity index is 738. The van der Waals surface area contributed by atoms with E-state index in [1.54, 1.807) is 17.1 Å². The van der Waals surface area contributed by atoms with E-state index in [-0.39, 0.29) is 17.9 Å². The van der Waals surface area contributed by atoms with E-state index in [1.807, 2.05) is 6.07 Å². The van der Waals surface area contributed by atoms with Crippen LogP contribution >= 0.6 is 11.6 Å². The van der Waals surface area contributed by atoms with Gasteiger partial charge in [-0.1, -0.05) is 11.6 Å². The first-order valence-electron chi connectivity index (χ1n) is 8.30. The lowest BCUT2D eigenvalue weighted by atomic mass is 10.1. The first kappa shape index (κ1) is 15.7. The van der Waals surface area contributed by atoms with E-state index >= 15 is 0 Å². The highest BCUT2D eigenvalue weighted by molar-refractivity contribution is 6.30. The van der Waals surface area contributed by atoms with Crippen LogP contribution in [0.4, 0.5) is 0 Å². The molecule has 3 N–H and O–H groups in total. The molecule has 2 aromatic rings. The first-order chi connectivity index (χ1) is 11.6. The molecule has 0 spiro atoms. The number of rotatable bonds is 5. The normalized spacial score (nSPS) is 26.7. The number of aliphatic hydroxyl groups is 1. The summed E-state index contributed by atoms with van der Waals surface area (Å²) in [4.78, 5) is 12.3. The van der Waals surface area contributed by atoms with E-state index in [4.69, 9.17) is 11.6 Å². The van der Waals surface area contributed by atoms with E-state index in [2.05, 4.69) is 20.6 Å². The molecule has 0 aliphatic heterocycles. The van der Waals surface area contributed by atoms with Gasteiger partial charge < -0.3 is 10.4 Å². The van der Waals surface area contributed by atoms with Gasteiger partial charge in [-0.15, -0.1) is 0 Å². The number of H-pyrrole nitrogens is 1. The molecule has 2 aliphatic carbocycles. The number of hydrogen-bond donors (Lipinski definition) is 3. The minimum absolute atomic E-state index is 0.231. The number of nitrogens with one attached hydrogen (secondary N) is 2. The van der Waals surface area contributed by atoms with Gasteiger partial charge in [-0.05, 0) is 37.7 Å². The molecule has 2 saturated carbocycles. The second-order valence-electron chi connectivity index (χ2n) is 6.85. The van der Waals surface area contributed by atoms with Crippen molar-refractivity contribution in [2.75, 3.05) is 0 Å². The van der Waals surface area contributed by atoms with E-state index < -0.39 is 6.10 Å². The minimum Gasteiger partial charge on any atom is -0.391 e. The van der Waals surface area contributed by atoms with Gasteiger partial charge in [0.1, 0.15) is 5.69 Å². The molecule has 1 unspecified atom stereocenters. The van der Waals surface area contributed by atoms with Crippen molar-refractivity contribution in [3.63, 3.8) is 0 Å². The van der Waals surface area contributed by atoms with Crippen LogP contribution in [-0.4, -0.2) is 43.1 Å². The van der Waals surface area contributed by atoms with Gasteiger partial charge in [0.2, 0.25) is 0 Å². The van der Waals surface area contributed by atoms with Crippen LogP contribution in [0.25, 0.3) is 0 Å². The number of aromatic amines is 1. The van der Waals surface area contributed by atoms with Gasteiger partial charge in [0, 0.05) is 24.4 Å². The molecule has 2 aliphatic rings. The molecule has 2 fully saturated rings. The number of aromatic nitrogens is 4. The summed E-state index contributed by atoms with van der Waals surface area (Å²) in [6.45, 7) is 0.685. The maximum Gasteiger partial charge on any atom is 0.272 e. The smallest absolute Gasteiger partial charge is 0.272 e. The van der Waals surface area contributed by atoms with Crippen molar-refractivity contribution in [2.45, 2.75) is 50.3 Å². The van der Waals surface area contributed by atoms with Crippen LogP contribution in [0.15, 0.2) is 18.5 Å². The molecule has 0 saturated heterocycles. The molecule has 2 aromatic heterocycles. The number of hydrogen-bond acceptors (Lipinski definition) is 4. The molecule has 2 heterocycles. The van der Waals surface area contributed by atoms with Crippen molar-refractivity contribution in [2.24, 2.45) is 5.92 Å². The van der Waals surface area contributed by atoms with E-state index in [0.717, 1.165) is 18.5 Å². The van der Waals surface area contributed by atoms with E-state index in [1.165, 1.54) is 0 Å². The highest BCUT2D eigenvalue weighted by Gasteiger charge is 2.35. The average Bonchev–Trinajstić information content (AvgIpc) is 2.97. The van der Waals surface area contributed by atoms with Crippen LogP contribution in [0.2, 0.25) is 5.02 Å². The molecule has 128 valence electrons. The molecular formula is C16H20ClN5O2. The van der Waals surface area contributed by atoms with Crippen molar-refractivity contribution in [3.8, 4) is 0 Å². The van der Waals surface area contributed by atoms with Gasteiger partial charge in [-0.25, -0.2) is 0 Å². The summed E-state index contributed by atoms with van der Waals surface area (Å²) >= 11 is 5.87. The standard InChI is InChI=1S/C16H20ClN5O2/c17-11-6-18-22(8-11)7-9-3-13(15(23)4-9)19-16(24)14-5-12(20-21-14)10-1-2-10/h5-6,8-10,13,15,23H,1-4,7H2,(H,19,24)(H,20,21)/t9?,13-,15-/m1/s1. The summed E-state index contributed by atoms with van der Waals surface area (Å²) in [5, 5.41) is 24.9. The van der Waals surface area contributed by atoms with Crippen LogP contribution in [0, 0.1) is 5.92 Å². The fourth-order valence-electron chi connectivity index (χ4n) is 3.42. The Morgan fingerprint density at radius 1 is 1.46 bits per heavy atom. The zero-order valence-corrected chi connectivity index (χ0v) is 13.9. The molecule has 4 rings (SSSR count). The Morgan fingerprint density at radius 3 is 3.00 bits per heavy atom. The predicted octanol–water partition coefficient (Wildman–Crippen LogP) is 1.71. The zero-order valence-electron chi connectivity index (χ0n) is 13.2. The van der Waals surface area contributed by atoms with Gasteiger partial charge in [0.05, 0.1) is 23.4 Å². The van der Waals surface area contributed by atoms with Crippen molar-refractivity contribution in [1.82, 2.24) is 25.3 Å². The molecule has 0 bridgehead atoms. The summed E-state index contributed by atoms with van der Waals surface area (Å²) in [7, 11) is 0. The average molecular weight is 350 g/mol. The third-order valence-corrected chi connectivity index (χ3v) is 5.03. The van der Waals surface area contributed by atoms with Crippen LogP contribution in [0.3, 0.4) is 0 Å². The fourth-order valence-corrected chi connectivity index (χ4v) is 3.58. The van der Waals surface area contributed by atoms with Crippen LogP contribution in [0.5, 0.6) is 0 Å². The lowest BCUT2D eigenvalue weighted by Crippen LogP contribution is -2.40. The molecule has 24 heavy (non-hydrogen) atoms. The topological polar surface area (TPSA) is 95.8 Å². The third-order valence-electron chi connectivity index (χ3n) is 4.84. The predicted molar refractivity (Wildman–Crippen MR) is 87.8 cm³/mol. The Hall–Kier alpha value is -1.86. The second-order valence-corrected chi connectivity index (χ2v) is 7.28. The van der Waals surface area contributed by atoms with Gasteiger partial charge in [-0.2, -0.15) is 10.2 Å². The van der Waals surface area contributed by atoms with Gasteiger partial charge in [0.15, 0.2) is 0 Å². The largest absolute Gasteiger partial charge is 0.391 e. The highest BCUT2D eigenvalue weighted by atomic mass is 35.5. The maximum atomic E-state index is 12.3. The summed E-state index contributed by atoms with van der Waals surface area (Å²) in [6.07, 6.45) is 6.48. The van der Waals surface area contributed by atoms with Crippen molar-refractivity contribution < 1.29 is 9.90 Å². The number of carbonyl (C=O) groups excluding carboxylic acids is 1. The molecule has 0 radical (unpaired) electrons. The number of amides is 1. The Labute approximate surface area is 144 Å². The summed E-state index contributed by atoms with van der Waals surface area (Å²) in [5.74, 6) is 0.550. The molecule has 7 nitrogen and oxygen atoms in total. The summed E-state index contributed by atoms with van der Waals surface area (Å²) < 4.78 is 1.78. The van der Waals surface area contributed by atoms with Crippen molar-refractivity contribution in [1.29, 1.82) is 0 Å². The lowest BCUT2D eigenvalue weighted by Gasteiger charge is -2.15. The molecular weight excluding hydrogens is 330 g/mol.